The van der Waals surface area contributed by atoms with Crippen LogP contribution in [0.5, 0.6) is 0 Å². The lowest BCUT2D eigenvalue weighted by Crippen LogP contribution is -2.43. The number of hydrogen-bond acceptors (Lipinski definition) is 2. The van der Waals surface area contributed by atoms with Crippen molar-refractivity contribution >= 4 is 5.91 Å². The smallest absolute Gasteiger partial charge is 0.220 e. The first kappa shape index (κ1) is 8.05. The fourth-order valence-electron chi connectivity index (χ4n) is 2.00. The monoisotopic (exact) mass is 169 g/mol. The molecule has 0 spiro atoms. The van der Waals surface area contributed by atoms with Crippen LogP contribution in [0, 0.1) is 5.92 Å². The molecule has 1 amide bonds. The summed E-state index contributed by atoms with van der Waals surface area (Å²) in [5.74, 6) is 0.548. The molecule has 0 aromatic carbocycles. The van der Waals surface area contributed by atoms with E-state index in [9.17, 15) is 9.90 Å². The van der Waals surface area contributed by atoms with Crippen molar-refractivity contribution in [2.24, 2.45) is 5.92 Å². The third kappa shape index (κ3) is 1.33. The number of hydrogen-bond donors (Lipinski definition) is 2. The Morgan fingerprint density at radius 2 is 2.17 bits per heavy atom. The van der Waals surface area contributed by atoms with Crippen LogP contribution in [0.4, 0.5) is 0 Å². The lowest BCUT2D eigenvalue weighted by Gasteiger charge is -2.33. The average Bonchev–Trinajstić information content (AvgIpc) is 2.31. The zero-order chi connectivity index (χ0) is 8.55. The number of rotatable bonds is 2. The molecule has 3 heteroatoms. The average molecular weight is 169 g/mol. The first-order valence-electron chi connectivity index (χ1n) is 4.75. The molecule has 12 heavy (non-hydrogen) atoms. The van der Waals surface area contributed by atoms with Crippen LogP contribution in [-0.4, -0.2) is 23.2 Å². The van der Waals surface area contributed by atoms with E-state index in [-0.39, 0.29) is 18.1 Å². The number of amides is 1. The van der Waals surface area contributed by atoms with Gasteiger partial charge in [0.2, 0.25) is 5.91 Å². The van der Waals surface area contributed by atoms with Gasteiger partial charge in [0.1, 0.15) is 0 Å². The highest BCUT2D eigenvalue weighted by Crippen LogP contribution is 2.32. The van der Waals surface area contributed by atoms with E-state index < -0.39 is 0 Å². The van der Waals surface area contributed by atoms with Crippen LogP contribution in [0.15, 0.2) is 0 Å². The van der Waals surface area contributed by atoms with Crippen molar-refractivity contribution in [3.05, 3.63) is 0 Å². The molecule has 2 aliphatic rings. The van der Waals surface area contributed by atoms with Gasteiger partial charge in [-0.1, -0.05) is 6.42 Å². The summed E-state index contributed by atoms with van der Waals surface area (Å²) in [5, 5.41) is 12.6. The van der Waals surface area contributed by atoms with Crippen molar-refractivity contribution < 1.29 is 9.90 Å². The third-order valence-corrected chi connectivity index (χ3v) is 3.07. The first-order chi connectivity index (χ1) is 5.77. The standard InChI is InChI=1S/C9H15NO2/c11-8-5-4-7(10-8)9(12)6-2-1-3-6/h6-7,9,12H,1-5H2,(H,10,11). The molecule has 2 rings (SSSR count). The van der Waals surface area contributed by atoms with Gasteiger partial charge in [-0.15, -0.1) is 0 Å². The van der Waals surface area contributed by atoms with E-state index in [0.717, 1.165) is 19.3 Å². The Kier molecular flexibility index (Phi) is 2.05. The minimum absolute atomic E-state index is 0.0443. The second kappa shape index (κ2) is 3.05. The van der Waals surface area contributed by atoms with Crippen LogP contribution >= 0.6 is 0 Å². The van der Waals surface area contributed by atoms with Crippen LogP contribution in [0.2, 0.25) is 0 Å². The fourth-order valence-corrected chi connectivity index (χ4v) is 2.00. The van der Waals surface area contributed by atoms with Gasteiger partial charge in [-0.3, -0.25) is 4.79 Å². The SMILES string of the molecule is O=C1CCC(C(O)C2CCC2)N1. The van der Waals surface area contributed by atoms with Gasteiger partial charge >= 0.3 is 0 Å². The maximum atomic E-state index is 10.9. The number of nitrogens with one attached hydrogen (secondary N) is 1. The Hall–Kier alpha value is -0.570. The Morgan fingerprint density at radius 1 is 1.42 bits per heavy atom. The predicted octanol–water partition coefficient (Wildman–Crippen LogP) is 0.426. The molecule has 0 radical (unpaired) electrons. The molecule has 1 saturated heterocycles. The van der Waals surface area contributed by atoms with Gasteiger partial charge in [-0.2, -0.15) is 0 Å². The lowest BCUT2D eigenvalue weighted by molar-refractivity contribution is -0.119. The number of aliphatic hydroxyl groups excluding tert-OH is 1. The maximum absolute atomic E-state index is 10.9. The quantitative estimate of drug-likeness (QED) is 0.629. The van der Waals surface area contributed by atoms with Gasteiger partial charge in [0.25, 0.3) is 0 Å². The molecule has 0 bridgehead atoms. The summed E-state index contributed by atoms with van der Waals surface area (Å²) in [5.41, 5.74) is 0. The number of carbonyl (C=O) groups excluding carboxylic acids is 1. The molecule has 2 atom stereocenters. The Morgan fingerprint density at radius 3 is 2.58 bits per heavy atom. The van der Waals surface area contributed by atoms with Crippen molar-refractivity contribution in [3.8, 4) is 0 Å². The summed E-state index contributed by atoms with van der Waals surface area (Å²) in [6.45, 7) is 0. The number of aliphatic hydroxyl groups is 1. The molecule has 1 saturated carbocycles. The zero-order valence-electron chi connectivity index (χ0n) is 7.12. The van der Waals surface area contributed by atoms with Crippen LogP contribution in [-0.2, 0) is 4.79 Å². The van der Waals surface area contributed by atoms with Crippen molar-refractivity contribution in [2.45, 2.75) is 44.2 Å². The van der Waals surface area contributed by atoms with E-state index in [2.05, 4.69) is 5.32 Å². The Bertz CT molecular complexity index is 189. The Labute approximate surface area is 72.2 Å². The fraction of sp³-hybridized carbons (Fsp3) is 0.889. The van der Waals surface area contributed by atoms with Crippen LogP contribution in [0.1, 0.15) is 32.1 Å². The van der Waals surface area contributed by atoms with Crippen molar-refractivity contribution in [1.29, 1.82) is 0 Å². The Balaban J connectivity index is 1.86. The van der Waals surface area contributed by atoms with E-state index in [1.807, 2.05) is 0 Å². The molecule has 0 aromatic heterocycles. The zero-order valence-corrected chi connectivity index (χ0v) is 7.12. The van der Waals surface area contributed by atoms with Gasteiger partial charge in [0, 0.05) is 6.42 Å². The van der Waals surface area contributed by atoms with E-state index in [4.69, 9.17) is 0 Å². The molecule has 2 unspecified atom stereocenters. The molecule has 1 heterocycles. The van der Waals surface area contributed by atoms with Gasteiger partial charge < -0.3 is 10.4 Å². The topological polar surface area (TPSA) is 49.3 Å². The van der Waals surface area contributed by atoms with Crippen molar-refractivity contribution in [3.63, 3.8) is 0 Å². The molecule has 3 nitrogen and oxygen atoms in total. The minimum atomic E-state index is -0.287. The lowest BCUT2D eigenvalue weighted by atomic mass is 9.78. The van der Waals surface area contributed by atoms with E-state index >= 15 is 0 Å². The van der Waals surface area contributed by atoms with E-state index in [0.29, 0.717) is 12.3 Å². The van der Waals surface area contributed by atoms with Gasteiger partial charge in [0.05, 0.1) is 12.1 Å². The molecular weight excluding hydrogens is 154 g/mol. The molecule has 1 aliphatic carbocycles. The molecule has 2 N–H and O–H groups in total. The normalized spacial score (nSPS) is 32.8. The summed E-state index contributed by atoms with van der Waals surface area (Å²) in [6.07, 6.45) is 4.62. The largest absolute Gasteiger partial charge is 0.391 e. The van der Waals surface area contributed by atoms with Gasteiger partial charge in [-0.05, 0) is 25.2 Å². The highest BCUT2D eigenvalue weighted by molar-refractivity contribution is 5.78. The first-order valence-corrected chi connectivity index (χ1v) is 4.75. The summed E-state index contributed by atoms with van der Waals surface area (Å²) in [6, 6.07) is 0.0443. The number of carbonyl (C=O) groups is 1. The molecule has 1 aliphatic heterocycles. The van der Waals surface area contributed by atoms with Crippen LogP contribution in [0.3, 0.4) is 0 Å². The minimum Gasteiger partial charge on any atom is -0.391 e. The molecule has 2 fully saturated rings. The van der Waals surface area contributed by atoms with E-state index in [1.54, 1.807) is 0 Å². The highest BCUT2D eigenvalue weighted by Gasteiger charge is 2.35. The van der Waals surface area contributed by atoms with Gasteiger partial charge in [-0.25, -0.2) is 0 Å². The second-order valence-electron chi connectivity index (χ2n) is 3.89. The van der Waals surface area contributed by atoms with E-state index in [1.165, 1.54) is 6.42 Å². The predicted molar refractivity (Wildman–Crippen MR) is 44.5 cm³/mol. The summed E-state index contributed by atoms with van der Waals surface area (Å²) in [4.78, 5) is 10.9. The second-order valence-corrected chi connectivity index (χ2v) is 3.89. The molecular formula is C9H15NO2. The maximum Gasteiger partial charge on any atom is 0.220 e. The van der Waals surface area contributed by atoms with Gasteiger partial charge in [0.15, 0.2) is 0 Å². The third-order valence-electron chi connectivity index (χ3n) is 3.07. The molecule has 68 valence electrons. The summed E-state index contributed by atoms with van der Waals surface area (Å²) < 4.78 is 0. The summed E-state index contributed by atoms with van der Waals surface area (Å²) in [7, 11) is 0. The summed E-state index contributed by atoms with van der Waals surface area (Å²) >= 11 is 0. The van der Waals surface area contributed by atoms with Crippen LogP contribution in [0.25, 0.3) is 0 Å². The van der Waals surface area contributed by atoms with Crippen molar-refractivity contribution in [1.82, 2.24) is 5.32 Å². The highest BCUT2D eigenvalue weighted by atomic mass is 16.3. The molecule has 0 aromatic rings. The van der Waals surface area contributed by atoms with Crippen molar-refractivity contribution in [2.75, 3.05) is 0 Å². The van der Waals surface area contributed by atoms with Crippen LogP contribution < -0.4 is 5.32 Å².